The second-order valence-corrected chi connectivity index (χ2v) is 5.56. The molecule has 0 atom stereocenters. The van der Waals surface area contributed by atoms with E-state index in [1.807, 2.05) is 7.05 Å². The Balaban J connectivity index is 2.20. The van der Waals surface area contributed by atoms with Gasteiger partial charge in [-0.3, -0.25) is 4.79 Å². The topological polar surface area (TPSA) is 49.6 Å². The van der Waals surface area contributed by atoms with Crippen molar-refractivity contribution in [3.63, 3.8) is 0 Å². The van der Waals surface area contributed by atoms with E-state index < -0.39 is 0 Å². The molecular weight excluding hydrogens is 246 g/mol. The van der Waals surface area contributed by atoms with E-state index in [9.17, 15) is 4.79 Å². The van der Waals surface area contributed by atoms with Gasteiger partial charge in [0.05, 0.1) is 4.99 Å². The van der Waals surface area contributed by atoms with E-state index >= 15 is 0 Å². The van der Waals surface area contributed by atoms with Crippen LogP contribution in [-0.4, -0.2) is 53.9 Å². The molecule has 1 saturated heterocycles. The van der Waals surface area contributed by atoms with Gasteiger partial charge in [0.1, 0.15) is 0 Å². The van der Waals surface area contributed by atoms with Crippen molar-refractivity contribution in [2.24, 2.45) is 5.73 Å². The lowest BCUT2D eigenvalue weighted by atomic mass is 10.2. The van der Waals surface area contributed by atoms with Crippen molar-refractivity contribution in [1.82, 2.24) is 9.80 Å². The Morgan fingerprint density at radius 2 is 1.83 bits per heavy atom. The van der Waals surface area contributed by atoms with E-state index in [1.165, 1.54) is 25.7 Å². The van der Waals surface area contributed by atoms with Crippen molar-refractivity contribution in [3.8, 4) is 0 Å². The molecule has 4 nitrogen and oxygen atoms in total. The molecule has 1 aliphatic rings. The highest BCUT2D eigenvalue weighted by atomic mass is 32.1. The van der Waals surface area contributed by atoms with Crippen molar-refractivity contribution in [3.05, 3.63) is 0 Å². The maximum atomic E-state index is 11.9. The fourth-order valence-corrected chi connectivity index (χ4v) is 2.30. The number of carbonyl (C=O) groups is 1. The molecule has 0 unspecified atom stereocenters. The first-order valence-electron chi connectivity index (χ1n) is 6.84. The number of nitrogens with zero attached hydrogens (tertiary/aromatic N) is 2. The number of likely N-dealkylation sites (tertiary alicyclic amines) is 1. The molecule has 1 aliphatic heterocycles. The lowest BCUT2D eigenvalue weighted by Crippen LogP contribution is -2.34. The van der Waals surface area contributed by atoms with Gasteiger partial charge in [0.2, 0.25) is 5.91 Å². The van der Waals surface area contributed by atoms with Crippen LogP contribution in [0.4, 0.5) is 0 Å². The molecule has 18 heavy (non-hydrogen) atoms. The molecule has 0 aromatic heterocycles. The predicted octanol–water partition coefficient (Wildman–Crippen LogP) is 1.39. The molecule has 0 aromatic rings. The zero-order valence-electron chi connectivity index (χ0n) is 11.4. The summed E-state index contributed by atoms with van der Waals surface area (Å²) in [5.41, 5.74) is 5.43. The summed E-state index contributed by atoms with van der Waals surface area (Å²) in [7, 11) is 1.82. The number of thiocarbonyl (C=S) groups is 1. The van der Waals surface area contributed by atoms with Gasteiger partial charge < -0.3 is 15.5 Å². The molecule has 1 fully saturated rings. The average Bonchev–Trinajstić information content (AvgIpc) is 2.61. The molecule has 1 heterocycles. The number of amides is 1. The average molecular weight is 271 g/mol. The maximum absolute atomic E-state index is 11.9. The Morgan fingerprint density at radius 3 is 2.39 bits per heavy atom. The predicted molar refractivity (Wildman–Crippen MR) is 78.6 cm³/mol. The number of nitrogens with two attached hydrogens (primary N) is 1. The van der Waals surface area contributed by atoms with Gasteiger partial charge in [0, 0.05) is 33.0 Å². The van der Waals surface area contributed by atoms with Crippen molar-refractivity contribution < 1.29 is 4.79 Å². The smallest absolute Gasteiger partial charge is 0.223 e. The molecule has 0 radical (unpaired) electrons. The van der Waals surface area contributed by atoms with Crippen molar-refractivity contribution in [2.75, 3.05) is 33.2 Å². The van der Waals surface area contributed by atoms with Gasteiger partial charge in [-0.05, 0) is 25.9 Å². The van der Waals surface area contributed by atoms with Gasteiger partial charge in [-0.15, -0.1) is 0 Å². The third kappa shape index (κ3) is 6.31. The summed E-state index contributed by atoms with van der Waals surface area (Å²) >= 11 is 4.81. The summed E-state index contributed by atoms with van der Waals surface area (Å²) in [4.78, 5) is 16.5. The molecular formula is C13H25N3OS. The van der Waals surface area contributed by atoms with Crippen LogP contribution >= 0.6 is 12.2 Å². The summed E-state index contributed by atoms with van der Waals surface area (Å²) < 4.78 is 0. The Labute approximate surface area is 115 Å². The molecule has 1 rings (SSSR count). The van der Waals surface area contributed by atoms with Crippen molar-refractivity contribution >= 4 is 23.1 Å². The van der Waals surface area contributed by atoms with E-state index in [0.717, 1.165) is 19.6 Å². The highest BCUT2D eigenvalue weighted by molar-refractivity contribution is 7.80. The largest absolute Gasteiger partial charge is 0.393 e. The Morgan fingerprint density at radius 1 is 1.22 bits per heavy atom. The van der Waals surface area contributed by atoms with Crippen molar-refractivity contribution in [2.45, 2.75) is 38.5 Å². The summed E-state index contributed by atoms with van der Waals surface area (Å²) in [6.07, 6.45) is 6.42. The highest BCUT2D eigenvalue weighted by Crippen LogP contribution is 2.10. The Bertz CT molecular complexity index is 275. The molecule has 0 aromatic carbocycles. The molecule has 5 heteroatoms. The molecule has 2 N–H and O–H groups in total. The zero-order valence-corrected chi connectivity index (χ0v) is 12.2. The Hall–Kier alpha value is -0.680. The van der Waals surface area contributed by atoms with E-state index in [4.69, 9.17) is 18.0 Å². The van der Waals surface area contributed by atoms with Gasteiger partial charge >= 0.3 is 0 Å². The number of carbonyl (C=O) groups excluding carboxylic acids is 1. The number of rotatable bonds is 6. The fourth-order valence-electron chi connectivity index (χ4n) is 2.21. The SMILES string of the molecule is CN(CCC(N)=S)C(=O)CCN1CCCCCC1. The minimum absolute atomic E-state index is 0.190. The third-order valence-electron chi connectivity index (χ3n) is 3.46. The Kier molecular flexibility index (Phi) is 7.20. The lowest BCUT2D eigenvalue weighted by molar-refractivity contribution is -0.130. The van der Waals surface area contributed by atoms with E-state index in [0.29, 0.717) is 24.4 Å². The maximum Gasteiger partial charge on any atom is 0.223 e. The molecule has 1 amide bonds. The van der Waals surface area contributed by atoms with Crippen LogP contribution in [0.3, 0.4) is 0 Å². The van der Waals surface area contributed by atoms with Gasteiger partial charge in [-0.25, -0.2) is 0 Å². The third-order valence-corrected chi connectivity index (χ3v) is 3.66. The molecule has 0 aliphatic carbocycles. The first-order chi connectivity index (χ1) is 8.59. The second-order valence-electron chi connectivity index (χ2n) is 5.04. The van der Waals surface area contributed by atoms with Crippen LogP contribution in [0.1, 0.15) is 38.5 Å². The summed E-state index contributed by atoms with van der Waals surface area (Å²) in [5.74, 6) is 0.190. The fraction of sp³-hybridized carbons (Fsp3) is 0.846. The lowest BCUT2D eigenvalue weighted by Gasteiger charge is -2.22. The summed E-state index contributed by atoms with van der Waals surface area (Å²) in [5, 5.41) is 0. The van der Waals surface area contributed by atoms with Gasteiger partial charge in [-0.1, -0.05) is 25.1 Å². The van der Waals surface area contributed by atoms with Gasteiger partial charge in [-0.2, -0.15) is 0 Å². The van der Waals surface area contributed by atoms with E-state index in [1.54, 1.807) is 4.90 Å². The minimum atomic E-state index is 0.190. The van der Waals surface area contributed by atoms with Crippen LogP contribution in [0.2, 0.25) is 0 Å². The number of hydrogen-bond acceptors (Lipinski definition) is 3. The zero-order chi connectivity index (χ0) is 13.4. The summed E-state index contributed by atoms with van der Waals surface area (Å²) in [6.45, 7) is 3.80. The van der Waals surface area contributed by atoms with E-state index in [-0.39, 0.29) is 5.91 Å². The standard InChI is InChI=1S/C13H25N3OS/c1-15(10-6-12(14)18)13(17)7-11-16-8-4-2-3-5-9-16/h2-11H2,1H3,(H2,14,18). The summed E-state index contributed by atoms with van der Waals surface area (Å²) in [6, 6.07) is 0. The van der Waals surface area contributed by atoms with Crippen LogP contribution in [0.15, 0.2) is 0 Å². The van der Waals surface area contributed by atoms with Crippen LogP contribution in [0.5, 0.6) is 0 Å². The minimum Gasteiger partial charge on any atom is -0.393 e. The van der Waals surface area contributed by atoms with Crippen molar-refractivity contribution in [1.29, 1.82) is 0 Å². The molecule has 0 spiro atoms. The second kappa shape index (κ2) is 8.43. The van der Waals surface area contributed by atoms with E-state index in [2.05, 4.69) is 4.90 Å². The first kappa shape index (κ1) is 15.4. The van der Waals surface area contributed by atoms with Crippen LogP contribution in [0, 0.1) is 0 Å². The molecule has 0 saturated carbocycles. The first-order valence-corrected chi connectivity index (χ1v) is 7.25. The molecule has 104 valence electrons. The van der Waals surface area contributed by atoms with Crippen LogP contribution in [0.25, 0.3) is 0 Å². The molecule has 0 bridgehead atoms. The van der Waals surface area contributed by atoms with Gasteiger partial charge in [0.25, 0.3) is 0 Å². The highest BCUT2D eigenvalue weighted by Gasteiger charge is 2.13. The van der Waals surface area contributed by atoms with Crippen LogP contribution in [-0.2, 0) is 4.79 Å². The van der Waals surface area contributed by atoms with Gasteiger partial charge in [0.15, 0.2) is 0 Å². The van der Waals surface area contributed by atoms with Crippen LogP contribution < -0.4 is 5.73 Å². The quantitative estimate of drug-likeness (QED) is 0.742. The monoisotopic (exact) mass is 271 g/mol. The normalized spacial score (nSPS) is 17.2. The number of hydrogen-bond donors (Lipinski definition) is 1.